The minimum Gasteiger partial charge on any atom is -0.387 e. The maximum Gasteiger partial charge on any atom is 0.0997 e. The first-order valence-electron chi connectivity index (χ1n) is 4.86. The van der Waals surface area contributed by atoms with Crippen molar-refractivity contribution in [3.63, 3.8) is 0 Å². The van der Waals surface area contributed by atoms with Crippen LogP contribution in [0.25, 0.3) is 5.69 Å². The summed E-state index contributed by atoms with van der Waals surface area (Å²) < 4.78 is 2.03. The summed E-state index contributed by atoms with van der Waals surface area (Å²) in [6, 6.07) is 2.04. The van der Waals surface area contributed by atoms with Crippen molar-refractivity contribution in [2.75, 3.05) is 12.4 Å². The Balaban J connectivity index is 2.49. The average molecular weight is 202 g/mol. The fourth-order valence-electron chi connectivity index (χ4n) is 1.46. The van der Waals surface area contributed by atoms with Gasteiger partial charge >= 0.3 is 0 Å². The second-order valence-electron chi connectivity index (χ2n) is 3.47. The van der Waals surface area contributed by atoms with Crippen molar-refractivity contribution in [2.45, 2.75) is 13.8 Å². The molecule has 0 aliphatic rings. The van der Waals surface area contributed by atoms with Crippen molar-refractivity contribution < 1.29 is 0 Å². The molecule has 15 heavy (non-hydrogen) atoms. The fourth-order valence-corrected chi connectivity index (χ4v) is 1.46. The van der Waals surface area contributed by atoms with Crippen molar-refractivity contribution in [3.8, 4) is 5.69 Å². The first kappa shape index (κ1) is 9.71. The quantitative estimate of drug-likeness (QED) is 0.809. The molecule has 0 aromatic carbocycles. The molecule has 0 radical (unpaired) electrons. The molecule has 0 spiro atoms. The average Bonchev–Trinajstić information content (AvgIpc) is 2.60. The van der Waals surface area contributed by atoms with Crippen LogP contribution in [0.4, 0.5) is 5.69 Å². The first-order chi connectivity index (χ1) is 7.22. The molecule has 2 aromatic rings. The summed E-state index contributed by atoms with van der Waals surface area (Å²) in [7, 11) is 1.88. The normalized spacial score (nSPS) is 10.3. The van der Waals surface area contributed by atoms with Crippen LogP contribution in [0.5, 0.6) is 0 Å². The van der Waals surface area contributed by atoms with Crippen molar-refractivity contribution in [3.05, 3.63) is 36.2 Å². The summed E-state index contributed by atoms with van der Waals surface area (Å²) in [5.74, 6) is 0. The number of hydrogen-bond donors (Lipinski definition) is 1. The van der Waals surface area contributed by atoms with Crippen LogP contribution < -0.4 is 5.32 Å². The zero-order valence-corrected chi connectivity index (χ0v) is 9.15. The number of aryl methyl sites for hydroxylation is 1. The molecule has 0 bridgehead atoms. The van der Waals surface area contributed by atoms with Gasteiger partial charge in [-0.25, -0.2) is 4.98 Å². The second-order valence-corrected chi connectivity index (χ2v) is 3.47. The van der Waals surface area contributed by atoms with Gasteiger partial charge in [-0.3, -0.25) is 4.98 Å². The largest absolute Gasteiger partial charge is 0.387 e. The second kappa shape index (κ2) is 3.73. The van der Waals surface area contributed by atoms with Gasteiger partial charge in [-0.15, -0.1) is 0 Å². The van der Waals surface area contributed by atoms with Crippen LogP contribution in [-0.2, 0) is 0 Å². The summed E-state index contributed by atoms with van der Waals surface area (Å²) in [5, 5.41) is 3.07. The Kier molecular flexibility index (Phi) is 2.41. The highest BCUT2D eigenvalue weighted by Crippen LogP contribution is 2.15. The lowest BCUT2D eigenvalue weighted by molar-refractivity contribution is 0.988. The zero-order chi connectivity index (χ0) is 10.8. The van der Waals surface area contributed by atoms with Gasteiger partial charge < -0.3 is 9.88 Å². The van der Waals surface area contributed by atoms with E-state index in [2.05, 4.69) is 15.3 Å². The Morgan fingerprint density at radius 3 is 2.67 bits per heavy atom. The van der Waals surface area contributed by atoms with E-state index in [4.69, 9.17) is 0 Å². The molecule has 0 fully saturated rings. The van der Waals surface area contributed by atoms with Gasteiger partial charge in [-0.1, -0.05) is 0 Å². The number of imidazole rings is 1. The molecule has 0 aliphatic heterocycles. The van der Waals surface area contributed by atoms with Crippen LogP contribution in [-0.4, -0.2) is 21.6 Å². The van der Waals surface area contributed by atoms with Crippen LogP contribution in [0.3, 0.4) is 0 Å². The number of rotatable bonds is 2. The third-order valence-electron chi connectivity index (χ3n) is 2.54. The maximum atomic E-state index is 4.26. The molecule has 0 aliphatic carbocycles. The van der Waals surface area contributed by atoms with Crippen LogP contribution >= 0.6 is 0 Å². The summed E-state index contributed by atoms with van der Waals surface area (Å²) >= 11 is 0. The van der Waals surface area contributed by atoms with Gasteiger partial charge in [-0.05, 0) is 19.9 Å². The van der Waals surface area contributed by atoms with E-state index in [9.17, 15) is 0 Å². The molecule has 0 amide bonds. The molecule has 4 nitrogen and oxygen atoms in total. The number of aromatic nitrogens is 3. The van der Waals surface area contributed by atoms with Gasteiger partial charge in [-0.2, -0.15) is 0 Å². The predicted molar refractivity (Wildman–Crippen MR) is 60.4 cm³/mol. The van der Waals surface area contributed by atoms with Crippen molar-refractivity contribution in [2.24, 2.45) is 0 Å². The molecular formula is C11H14N4. The highest BCUT2D eigenvalue weighted by Gasteiger charge is 2.04. The molecule has 2 rings (SSSR count). The Labute approximate surface area is 89.0 Å². The number of anilines is 1. The summed E-state index contributed by atoms with van der Waals surface area (Å²) in [5.41, 5.74) is 4.22. The molecule has 4 heteroatoms. The monoisotopic (exact) mass is 202 g/mol. The highest BCUT2D eigenvalue weighted by molar-refractivity contribution is 5.48. The van der Waals surface area contributed by atoms with E-state index < -0.39 is 0 Å². The molecular weight excluding hydrogens is 188 g/mol. The van der Waals surface area contributed by atoms with Crippen molar-refractivity contribution in [1.29, 1.82) is 0 Å². The molecule has 0 saturated carbocycles. The van der Waals surface area contributed by atoms with Crippen LogP contribution in [0.15, 0.2) is 24.8 Å². The highest BCUT2D eigenvalue weighted by atomic mass is 15.1. The van der Waals surface area contributed by atoms with Gasteiger partial charge in [0.25, 0.3) is 0 Å². The predicted octanol–water partition coefficient (Wildman–Crippen LogP) is 1.93. The van der Waals surface area contributed by atoms with Gasteiger partial charge in [0.05, 0.1) is 35.8 Å². The molecule has 2 aromatic heterocycles. The Bertz CT molecular complexity index is 473. The minimum absolute atomic E-state index is 0.998. The number of nitrogens with zero attached hydrogens (tertiary/aromatic N) is 3. The van der Waals surface area contributed by atoms with E-state index >= 15 is 0 Å². The molecule has 0 saturated heterocycles. The van der Waals surface area contributed by atoms with Gasteiger partial charge in [0, 0.05) is 12.7 Å². The number of pyridine rings is 1. The van der Waals surface area contributed by atoms with Gasteiger partial charge in [0.1, 0.15) is 0 Å². The first-order valence-corrected chi connectivity index (χ1v) is 4.86. The topological polar surface area (TPSA) is 42.7 Å². The SMILES string of the molecule is CNc1cncc(-n2cnc(C)c2C)c1. The van der Waals surface area contributed by atoms with E-state index in [0.717, 1.165) is 22.8 Å². The molecule has 1 N–H and O–H groups in total. The molecule has 2 heterocycles. The third kappa shape index (κ3) is 1.70. The summed E-state index contributed by atoms with van der Waals surface area (Å²) in [6.45, 7) is 4.05. The number of hydrogen-bond acceptors (Lipinski definition) is 3. The Morgan fingerprint density at radius 1 is 1.27 bits per heavy atom. The smallest absolute Gasteiger partial charge is 0.0997 e. The van der Waals surface area contributed by atoms with E-state index in [0.29, 0.717) is 0 Å². The van der Waals surface area contributed by atoms with Crippen LogP contribution in [0.1, 0.15) is 11.4 Å². The summed E-state index contributed by atoms with van der Waals surface area (Å²) in [6.07, 6.45) is 5.44. The van der Waals surface area contributed by atoms with Crippen molar-refractivity contribution in [1.82, 2.24) is 14.5 Å². The van der Waals surface area contributed by atoms with Crippen molar-refractivity contribution >= 4 is 5.69 Å². The lowest BCUT2D eigenvalue weighted by Gasteiger charge is -2.06. The van der Waals surface area contributed by atoms with Gasteiger partial charge in [0.15, 0.2) is 0 Å². The number of nitrogens with one attached hydrogen (secondary N) is 1. The lowest BCUT2D eigenvalue weighted by Crippen LogP contribution is -1.98. The maximum absolute atomic E-state index is 4.26. The fraction of sp³-hybridized carbons (Fsp3) is 0.273. The van der Waals surface area contributed by atoms with Crippen LogP contribution in [0, 0.1) is 13.8 Å². The molecule has 0 unspecified atom stereocenters. The molecule has 0 atom stereocenters. The van der Waals surface area contributed by atoms with Gasteiger partial charge in [0.2, 0.25) is 0 Å². The Morgan fingerprint density at radius 2 is 2.07 bits per heavy atom. The van der Waals surface area contributed by atoms with E-state index in [1.807, 2.05) is 44.1 Å². The lowest BCUT2D eigenvalue weighted by atomic mass is 10.3. The van der Waals surface area contributed by atoms with E-state index in [1.165, 1.54) is 0 Å². The Hall–Kier alpha value is -1.84. The summed E-state index contributed by atoms with van der Waals surface area (Å²) in [4.78, 5) is 8.43. The van der Waals surface area contributed by atoms with Crippen LogP contribution in [0.2, 0.25) is 0 Å². The third-order valence-corrected chi connectivity index (χ3v) is 2.54. The van der Waals surface area contributed by atoms with E-state index in [-0.39, 0.29) is 0 Å². The molecule has 78 valence electrons. The standard InChI is InChI=1S/C11H14N4/c1-8-9(2)15(7-14-8)11-4-10(12-3)5-13-6-11/h4-7,12H,1-3H3. The minimum atomic E-state index is 0.998. The zero-order valence-electron chi connectivity index (χ0n) is 9.15. The van der Waals surface area contributed by atoms with E-state index in [1.54, 1.807) is 6.20 Å².